The molecule has 2 bridgehead atoms. The van der Waals surface area contributed by atoms with Crippen LogP contribution < -0.4 is 10.6 Å². The van der Waals surface area contributed by atoms with Gasteiger partial charge in [0.1, 0.15) is 0 Å². The van der Waals surface area contributed by atoms with E-state index in [1.165, 1.54) is 7.11 Å². The van der Waals surface area contributed by atoms with Crippen molar-refractivity contribution >= 4 is 11.9 Å². The third-order valence-electron chi connectivity index (χ3n) is 2.98. The van der Waals surface area contributed by atoms with E-state index in [1.54, 1.807) is 11.9 Å². The SMILES string of the molecule is COC(=O)[C@]12NC[C@H](CNC1=O)N2C. The number of amides is 1. The second kappa shape index (κ2) is 2.93. The minimum atomic E-state index is -1.31. The molecule has 2 saturated heterocycles. The number of nitrogens with one attached hydrogen (secondary N) is 2. The highest BCUT2D eigenvalue weighted by molar-refractivity contribution is 6.08. The van der Waals surface area contributed by atoms with Gasteiger partial charge in [-0.15, -0.1) is 0 Å². The Kier molecular flexibility index (Phi) is 1.97. The van der Waals surface area contributed by atoms with Gasteiger partial charge in [-0.25, -0.2) is 4.79 Å². The lowest BCUT2D eigenvalue weighted by Crippen LogP contribution is -2.70. The molecular weight excluding hydrogens is 186 g/mol. The van der Waals surface area contributed by atoms with E-state index in [-0.39, 0.29) is 11.9 Å². The number of piperazine rings is 1. The Hall–Kier alpha value is -1.14. The molecular formula is C8H13N3O3. The lowest BCUT2D eigenvalue weighted by molar-refractivity contribution is -0.163. The van der Waals surface area contributed by atoms with Crippen LogP contribution in [0.2, 0.25) is 0 Å². The van der Waals surface area contributed by atoms with E-state index in [2.05, 4.69) is 15.4 Å². The standard InChI is InChI=1S/C8H13N3O3/c1-11-5-3-9-6(12)8(11,10-4-5)7(13)14-2/h5,10H,3-4H2,1-2H3,(H,9,12)/t5-,8-/m0/s1. The highest BCUT2D eigenvalue weighted by Crippen LogP contribution is 2.25. The Bertz CT molecular complexity index is 284. The number of ether oxygens (including phenoxy) is 1. The highest BCUT2D eigenvalue weighted by atomic mass is 16.5. The molecule has 0 aromatic heterocycles. The van der Waals surface area contributed by atoms with Crippen molar-refractivity contribution in [2.24, 2.45) is 0 Å². The lowest BCUT2D eigenvalue weighted by Gasteiger charge is -2.37. The maximum absolute atomic E-state index is 11.7. The van der Waals surface area contributed by atoms with E-state index in [0.717, 1.165) is 0 Å². The van der Waals surface area contributed by atoms with Crippen molar-refractivity contribution in [3.05, 3.63) is 0 Å². The normalized spacial score (nSPS) is 36.7. The third-order valence-corrected chi connectivity index (χ3v) is 2.98. The summed E-state index contributed by atoms with van der Waals surface area (Å²) in [6, 6.07) is 0.159. The van der Waals surface area contributed by atoms with Gasteiger partial charge in [-0.1, -0.05) is 0 Å². The molecule has 14 heavy (non-hydrogen) atoms. The molecule has 0 radical (unpaired) electrons. The van der Waals surface area contributed by atoms with E-state index < -0.39 is 11.6 Å². The minimum absolute atomic E-state index is 0.159. The van der Waals surface area contributed by atoms with Crippen molar-refractivity contribution in [1.82, 2.24) is 15.5 Å². The topological polar surface area (TPSA) is 70.7 Å². The Labute approximate surface area is 81.6 Å². The molecule has 6 nitrogen and oxygen atoms in total. The molecule has 0 aliphatic carbocycles. The van der Waals surface area contributed by atoms with Crippen molar-refractivity contribution in [3.63, 3.8) is 0 Å². The summed E-state index contributed by atoms with van der Waals surface area (Å²) in [6.45, 7) is 1.19. The summed E-state index contributed by atoms with van der Waals surface area (Å²) in [5, 5.41) is 5.61. The fraction of sp³-hybridized carbons (Fsp3) is 0.750. The van der Waals surface area contributed by atoms with Crippen LogP contribution in [0.25, 0.3) is 0 Å². The molecule has 2 rings (SSSR count). The van der Waals surface area contributed by atoms with Crippen molar-refractivity contribution in [3.8, 4) is 0 Å². The number of likely N-dealkylation sites (N-methyl/N-ethyl adjacent to an activating group) is 1. The Morgan fingerprint density at radius 2 is 2.36 bits per heavy atom. The predicted molar refractivity (Wildman–Crippen MR) is 47.3 cm³/mol. The van der Waals surface area contributed by atoms with Crippen molar-refractivity contribution in [1.29, 1.82) is 0 Å². The van der Waals surface area contributed by atoms with Gasteiger partial charge in [-0.3, -0.25) is 15.0 Å². The minimum Gasteiger partial charge on any atom is -0.466 e. The van der Waals surface area contributed by atoms with Gasteiger partial charge in [-0.2, -0.15) is 0 Å². The van der Waals surface area contributed by atoms with Crippen LogP contribution in [0.3, 0.4) is 0 Å². The number of rotatable bonds is 1. The van der Waals surface area contributed by atoms with Crippen molar-refractivity contribution in [2.45, 2.75) is 11.7 Å². The van der Waals surface area contributed by atoms with Crippen LogP contribution in [-0.2, 0) is 14.3 Å². The number of methoxy groups -OCH3 is 1. The predicted octanol–water partition coefficient (Wildman–Crippen LogP) is -2.11. The highest BCUT2D eigenvalue weighted by Gasteiger charge is 2.59. The zero-order valence-electron chi connectivity index (χ0n) is 8.16. The lowest BCUT2D eigenvalue weighted by atomic mass is 10.1. The monoisotopic (exact) mass is 199 g/mol. The molecule has 2 aliphatic rings. The number of carbonyl (C=O) groups excluding carboxylic acids is 2. The number of hydrogen-bond acceptors (Lipinski definition) is 5. The molecule has 0 aromatic carbocycles. The summed E-state index contributed by atoms with van der Waals surface area (Å²) in [7, 11) is 3.03. The van der Waals surface area contributed by atoms with E-state index in [9.17, 15) is 9.59 Å². The van der Waals surface area contributed by atoms with Crippen LogP contribution in [0.5, 0.6) is 0 Å². The first-order chi connectivity index (χ1) is 6.63. The van der Waals surface area contributed by atoms with Gasteiger partial charge in [0.15, 0.2) is 0 Å². The maximum atomic E-state index is 11.7. The van der Waals surface area contributed by atoms with Gasteiger partial charge in [0.2, 0.25) is 0 Å². The van der Waals surface area contributed by atoms with Crippen molar-refractivity contribution in [2.75, 3.05) is 27.2 Å². The summed E-state index contributed by atoms with van der Waals surface area (Å²) in [5.74, 6) is -0.889. The number of fused-ring (bicyclic) bond motifs is 2. The van der Waals surface area contributed by atoms with Crippen LogP contribution >= 0.6 is 0 Å². The van der Waals surface area contributed by atoms with Crippen LogP contribution in [0.1, 0.15) is 0 Å². The fourth-order valence-electron chi connectivity index (χ4n) is 2.05. The number of hydrogen-bond donors (Lipinski definition) is 2. The molecule has 2 heterocycles. The summed E-state index contributed by atoms with van der Waals surface area (Å²) < 4.78 is 4.65. The molecule has 78 valence electrons. The molecule has 1 amide bonds. The summed E-state index contributed by atoms with van der Waals surface area (Å²) in [5.41, 5.74) is -1.31. The van der Waals surface area contributed by atoms with Crippen molar-refractivity contribution < 1.29 is 14.3 Å². The summed E-state index contributed by atoms with van der Waals surface area (Å²) in [4.78, 5) is 25.0. The molecule has 0 saturated carbocycles. The third kappa shape index (κ3) is 0.921. The zero-order valence-corrected chi connectivity index (χ0v) is 8.16. The van der Waals surface area contributed by atoms with Crippen LogP contribution in [0.4, 0.5) is 0 Å². The maximum Gasteiger partial charge on any atom is 0.351 e. The zero-order chi connectivity index (χ0) is 10.3. The molecule has 0 spiro atoms. The van der Waals surface area contributed by atoms with Crippen LogP contribution in [0.15, 0.2) is 0 Å². The van der Waals surface area contributed by atoms with Crippen LogP contribution in [0, 0.1) is 0 Å². The molecule has 0 aromatic rings. The molecule has 2 aliphatic heterocycles. The van der Waals surface area contributed by atoms with E-state index in [0.29, 0.717) is 13.1 Å². The molecule has 2 fully saturated rings. The summed E-state index contributed by atoms with van der Waals surface area (Å²) in [6.07, 6.45) is 0. The van der Waals surface area contributed by atoms with Gasteiger partial charge in [0, 0.05) is 19.1 Å². The van der Waals surface area contributed by atoms with Crippen LogP contribution in [-0.4, -0.2) is 55.7 Å². The Morgan fingerprint density at radius 1 is 1.64 bits per heavy atom. The fourth-order valence-corrected chi connectivity index (χ4v) is 2.05. The van der Waals surface area contributed by atoms with Gasteiger partial charge in [-0.05, 0) is 7.05 Å². The van der Waals surface area contributed by atoms with Gasteiger partial charge in [0.25, 0.3) is 11.6 Å². The second-order valence-electron chi connectivity index (χ2n) is 3.56. The average Bonchev–Trinajstić information content (AvgIpc) is 2.40. The van der Waals surface area contributed by atoms with Gasteiger partial charge < -0.3 is 10.1 Å². The molecule has 2 atom stereocenters. The molecule has 2 N–H and O–H groups in total. The quantitative estimate of drug-likeness (QED) is 0.373. The average molecular weight is 199 g/mol. The van der Waals surface area contributed by atoms with E-state index in [4.69, 9.17) is 0 Å². The first-order valence-corrected chi connectivity index (χ1v) is 4.47. The largest absolute Gasteiger partial charge is 0.466 e. The Balaban J connectivity index is 2.38. The first kappa shape index (κ1) is 9.42. The number of nitrogens with zero attached hydrogens (tertiary/aromatic N) is 1. The number of esters is 1. The first-order valence-electron chi connectivity index (χ1n) is 4.47. The smallest absolute Gasteiger partial charge is 0.351 e. The summed E-state index contributed by atoms with van der Waals surface area (Å²) >= 11 is 0. The van der Waals surface area contributed by atoms with Gasteiger partial charge in [0.05, 0.1) is 7.11 Å². The van der Waals surface area contributed by atoms with E-state index >= 15 is 0 Å². The second-order valence-corrected chi connectivity index (χ2v) is 3.56. The van der Waals surface area contributed by atoms with Gasteiger partial charge >= 0.3 is 5.97 Å². The Morgan fingerprint density at radius 3 is 3.00 bits per heavy atom. The number of carbonyl (C=O) groups is 2. The molecule has 6 heteroatoms. The molecule has 0 unspecified atom stereocenters. The van der Waals surface area contributed by atoms with E-state index in [1.807, 2.05) is 0 Å².